The monoisotopic (exact) mass is 305 g/mol. The number of rotatable bonds is 3. The normalized spacial score (nSPS) is 11.9. The molecule has 0 saturated heterocycles. The van der Waals surface area contributed by atoms with Gasteiger partial charge in [-0.2, -0.15) is 0 Å². The van der Waals surface area contributed by atoms with E-state index in [-0.39, 0.29) is 11.9 Å². The van der Waals surface area contributed by atoms with Crippen molar-refractivity contribution >= 4 is 21.8 Å². The number of carbonyl (C=O) groups excluding carboxylic acids is 1. The second-order valence-electron chi connectivity index (χ2n) is 3.80. The highest BCUT2D eigenvalue weighted by atomic mass is 79.9. The summed E-state index contributed by atoms with van der Waals surface area (Å²) in [5.41, 5.74) is 1.20. The predicted octanol–water partition coefficient (Wildman–Crippen LogP) is 2.73. The van der Waals surface area contributed by atoms with Crippen molar-refractivity contribution in [3.63, 3.8) is 0 Å². The van der Waals surface area contributed by atoms with Gasteiger partial charge < -0.3 is 5.32 Å². The Labute approximate surface area is 114 Å². The molecule has 0 spiro atoms. The van der Waals surface area contributed by atoms with Crippen LogP contribution < -0.4 is 5.32 Å². The van der Waals surface area contributed by atoms with Crippen molar-refractivity contribution in [1.29, 1.82) is 0 Å². The summed E-state index contributed by atoms with van der Waals surface area (Å²) in [5, 5.41) is 2.85. The summed E-state index contributed by atoms with van der Waals surface area (Å²) in [7, 11) is 0. The van der Waals surface area contributed by atoms with E-state index in [1.165, 1.54) is 0 Å². The van der Waals surface area contributed by atoms with Gasteiger partial charge in [-0.25, -0.2) is 4.98 Å². The maximum Gasteiger partial charge on any atom is 0.270 e. The Balaban J connectivity index is 2.08. The molecule has 18 heavy (non-hydrogen) atoms. The van der Waals surface area contributed by atoms with Gasteiger partial charge in [0.25, 0.3) is 5.91 Å². The molecule has 0 aromatic carbocycles. The molecule has 2 rings (SSSR count). The fourth-order valence-corrected chi connectivity index (χ4v) is 1.86. The average Bonchev–Trinajstić information content (AvgIpc) is 2.39. The third-order valence-corrected chi connectivity index (χ3v) is 2.87. The van der Waals surface area contributed by atoms with Crippen LogP contribution in [0, 0.1) is 0 Å². The molecule has 0 radical (unpaired) electrons. The van der Waals surface area contributed by atoms with Crippen LogP contribution in [0.15, 0.2) is 47.2 Å². The highest BCUT2D eigenvalue weighted by Crippen LogP contribution is 2.10. The minimum atomic E-state index is -0.213. The minimum absolute atomic E-state index is 0.153. The van der Waals surface area contributed by atoms with Gasteiger partial charge in [-0.15, -0.1) is 0 Å². The molecule has 2 aromatic rings. The minimum Gasteiger partial charge on any atom is -0.343 e. The molecule has 92 valence electrons. The van der Waals surface area contributed by atoms with Gasteiger partial charge in [-0.1, -0.05) is 12.1 Å². The van der Waals surface area contributed by atoms with Crippen molar-refractivity contribution in [3.8, 4) is 0 Å². The summed E-state index contributed by atoms with van der Waals surface area (Å²) in [5.74, 6) is -0.213. The van der Waals surface area contributed by atoms with E-state index in [0.29, 0.717) is 10.3 Å². The van der Waals surface area contributed by atoms with Gasteiger partial charge >= 0.3 is 0 Å². The Morgan fingerprint density at radius 1 is 1.28 bits per heavy atom. The third kappa shape index (κ3) is 3.13. The molecular weight excluding hydrogens is 294 g/mol. The summed E-state index contributed by atoms with van der Waals surface area (Å²) in [6, 6.07) is 10.7. The number of hydrogen-bond acceptors (Lipinski definition) is 3. The first-order valence-electron chi connectivity index (χ1n) is 5.51. The van der Waals surface area contributed by atoms with E-state index in [0.717, 1.165) is 5.69 Å². The quantitative estimate of drug-likeness (QED) is 0.887. The van der Waals surface area contributed by atoms with Crippen LogP contribution in [0.5, 0.6) is 0 Å². The van der Waals surface area contributed by atoms with E-state index in [1.54, 1.807) is 24.4 Å². The molecule has 0 aliphatic rings. The topological polar surface area (TPSA) is 54.9 Å². The summed E-state index contributed by atoms with van der Waals surface area (Å²) in [6.45, 7) is 1.89. The van der Waals surface area contributed by atoms with Crippen LogP contribution in [0.1, 0.15) is 29.1 Å². The highest BCUT2D eigenvalue weighted by molar-refractivity contribution is 9.10. The summed E-state index contributed by atoms with van der Waals surface area (Å²) in [4.78, 5) is 20.3. The number of aromatic nitrogens is 2. The Hall–Kier alpha value is -1.75. The predicted molar refractivity (Wildman–Crippen MR) is 72.1 cm³/mol. The number of halogens is 1. The van der Waals surface area contributed by atoms with E-state index in [1.807, 2.05) is 25.1 Å². The fraction of sp³-hybridized carbons (Fsp3) is 0.154. The maximum absolute atomic E-state index is 12.0. The van der Waals surface area contributed by atoms with Crippen molar-refractivity contribution < 1.29 is 4.79 Å². The molecule has 1 amide bonds. The number of hydrogen-bond donors (Lipinski definition) is 1. The molecule has 1 N–H and O–H groups in total. The van der Waals surface area contributed by atoms with Gasteiger partial charge in [-0.05, 0) is 47.1 Å². The standard InChI is InChI=1S/C13H12BrN3O/c1-9(10-5-2-3-8-15-10)16-13(18)11-6-4-7-12(14)17-11/h2-9H,1H3,(H,16,18). The van der Waals surface area contributed by atoms with Gasteiger partial charge in [-0.3, -0.25) is 9.78 Å². The zero-order chi connectivity index (χ0) is 13.0. The van der Waals surface area contributed by atoms with E-state index >= 15 is 0 Å². The average molecular weight is 306 g/mol. The lowest BCUT2D eigenvalue weighted by atomic mass is 10.2. The lowest BCUT2D eigenvalue weighted by Crippen LogP contribution is -2.27. The van der Waals surface area contributed by atoms with E-state index in [2.05, 4.69) is 31.2 Å². The van der Waals surface area contributed by atoms with Crippen LogP contribution in [0.4, 0.5) is 0 Å². The maximum atomic E-state index is 12.0. The molecule has 1 atom stereocenters. The Bertz CT molecular complexity index is 545. The number of carbonyl (C=O) groups is 1. The van der Waals surface area contributed by atoms with E-state index in [9.17, 15) is 4.79 Å². The summed E-state index contributed by atoms with van der Waals surface area (Å²) >= 11 is 3.24. The van der Waals surface area contributed by atoms with Crippen LogP contribution >= 0.6 is 15.9 Å². The molecule has 2 heterocycles. The van der Waals surface area contributed by atoms with Crippen LogP contribution in [-0.4, -0.2) is 15.9 Å². The van der Waals surface area contributed by atoms with Crippen LogP contribution in [0.3, 0.4) is 0 Å². The molecule has 4 nitrogen and oxygen atoms in total. The first-order chi connectivity index (χ1) is 8.66. The summed E-state index contributed by atoms with van der Waals surface area (Å²) in [6.07, 6.45) is 1.70. The molecule has 1 unspecified atom stereocenters. The Morgan fingerprint density at radius 2 is 2.11 bits per heavy atom. The SMILES string of the molecule is CC(NC(=O)c1cccc(Br)n1)c1ccccn1. The van der Waals surface area contributed by atoms with Crippen molar-refractivity contribution in [2.24, 2.45) is 0 Å². The molecular formula is C13H12BrN3O. The zero-order valence-corrected chi connectivity index (χ0v) is 11.4. The van der Waals surface area contributed by atoms with Gasteiger partial charge in [0.05, 0.1) is 11.7 Å². The van der Waals surface area contributed by atoms with Crippen molar-refractivity contribution in [2.75, 3.05) is 0 Å². The summed E-state index contributed by atoms with van der Waals surface area (Å²) < 4.78 is 0.639. The number of pyridine rings is 2. The van der Waals surface area contributed by atoms with Crippen molar-refractivity contribution in [1.82, 2.24) is 15.3 Å². The Morgan fingerprint density at radius 3 is 2.78 bits per heavy atom. The Kier molecular flexibility index (Phi) is 4.04. The third-order valence-electron chi connectivity index (χ3n) is 2.43. The zero-order valence-electron chi connectivity index (χ0n) is 9.80. The number of nitrogens with one attached hydrogen (secondary N) is 1. The second kappa shape index (κ2) is 5.73. The van der Waals surface area contributed by atoms with Crippen LogP contribution in [-0.2, 0) is 0 Å². The molecule has 0 saturated carbocycles. The first kappa shape index (κ1) is 12.7. The van der Waals surface area contributed by atoms with Gasteiger partial charge in [0.1, 0.15) is 10.3 Å². The number of amides is 1. The molecule has 0 aliphatic carbocycles. The molecule has 0 aliphatic heterocycles. The molecule has 0 bridgehead atoms. The fourth-order valence-electron chi connectivity index (χ4n) is 1.51. The molecule has 0 fully saturated rings. The van der Waals surface area contributed by atoms with E-state index in [4.69, 9.17) is 0 Å². The van der Waals surface area contributed by atoms with Crippen LogP contribution in [0.25, 0.3) is 0 Å². The second-order valence-corrected chi connectivity index (χ2v) is 4.61. The largest absolute Gasteiger partial charge is 0.343 e. The van der Waals surface area contributed by atoms with Crippen molar-refractivity contribution in [2.45, 2.75) is 13.0 Å². The lowest BCUT2D eigenvalue weighted by Gasteiger charge is -2.12. The lowest BCUT2D eigenvalue weighted by molar-refractivity contribution is 0.0934. The van der Waals surface area contributed by atoms with Gasteiger partial charge in [0, 0.05) is 6.20 Å². The molecule has 5 heteroatoms. The highest BCUT2D eigenvalue weighted by Gasteiger charge is 2.13. The van der Waals surface area contributed by atoms with Crippen LogP contribution in [0.2, 0.25) is 0 Å². The smallest absolute Gasteiger partial charge is 0.270 e. The van der Waals surface area contributed by atoms with Gasteiger partial charge in [0.15, 0.2) is 0 Å². The first-order valence-corrected chi connectivity index (χ1v) is 6.30. The molecule has 2 aromatic heterocycles. The number of nitrogens with zero attached hydrogens (tertiary/aromatic N) is 2. The van der Waals surface area contributed by atoms with Gasteiger partial charge in [0.2, 0.25) is 0 Å². The van der Waals surface area contributed by atoms with Crippen molar-refractivity contribution in [3.05, 3.63) is 58.6 Å². The van der Waals surface area contributed by atoms with E-state index < -0.39 is 0 Å².